The summed E-state index contributed by atoms with van der Waals surface area (Å²) >= 11 is 7.22. The van der Waals surface area contributed by atoms with Crippen molar-refractivity contribution in [1.82, 2.24) is 9.55 Å². The number of carbonyl (C=O) groups is 2. The molecule has 0 saturated carbocycles. The molecule has 35 heavy (non-hydrogen) atoms. The average molecular weight is 512 g/mol. The van der Waals surface area contributed by atoms with Crippen LogP contribution >= 0.6 is 22.9 Å². The Kier molecular flexibility index (Phi) is 7.18. The van der Waals surface area contributed by atoms with E-state index in [1.165, 1.54) is 18.0 Å². The molecule has 2 aromatic carbocycles. The normalized spacial score (nSPS) is 11.8. The molecule has 0 fully saturated rings. The molecule has 0 spiro atoms. The van der Waals surface area contributed by atoms with E-state index in [4.69, 9.17) is 21.1 Å². The van der Waals surface area contributed by atoms with Gasteiger partial charge in [-0.05, 0) is 37.6 Å². The second kappa shape index (κ2) is 10.3. The number of hydrogen-bond donors (Lipinski definition) is 1. The first-order chi connectivity index (χ1) is 16.8. The van der Waals surface area contributed by atoms with Gasteiger partial charge < -0.3 is 14.8 Å². The van der Waals surface area contributed by atoms with Crippen LogP contribution in [0.2, 0.25) is 5.02 Å². The topological polar surface area (TPSA) is 99.5 Å². The smallest absolute Gasteiger partial charge is 0.329 e. The molecule has 2 heterocycles. The molecule has 1 N–H and O–H groups in total. The maximum Gasteiger partial charge on any atom is 0.329 e. The summed E-state index contributed by atoms with van der Waals surface area (Å²) in [5, 5.41) is 3.59. The molecule has 4 aromatic rings. The molecule has 0 radical (unpaired) electrons. The fourth-order valence-electron chi connectivity index (χ4n) is 3.56. The van der Waals surface area contributed by atoms with Crippen LogP contribution in [0, 0.1) is 6.92 Å². The summed E-state index contributed by atoms with van der Waals surface area (Å²) in [5.41, 5.74) is 1.23. The minimum Gasteiger partial charge on any atom is -0.495 e. The van der Waals surface area contributed by atoms with E-state index >= 15 is 0 Å². The first-order valence-electron chi connectivity index (χ1n) is 10.7. The summed E-state index contributed by atoms with van der Waals surface area (Å²) in [7, 11) is 1.52. The van der Waals surface area contributed by atoms with Crippen LogP contribution in [-0.2, 0) is 16.1 Å². The van der Waals surface area contributed by atoms with E-state index in [2.05, 4.69) is 10.3 Å². The van der Waals surface area contributed by atoms with E-state index in [9.17, 15) is 14.4 Å². The van der Waals surface area contributed by atoms with Crippen molar-refractivity contribution in [1.29, 1.82) is 0 Å². The summed E-state index contributed by atoms with van der Waals surface area (Å²) < 4.78 is 11.9. The van der Waals surface area contributed by atoms with Gasteiger partial charge >= 0.3 is 5.97 Å². The number of ether oxygens (including phenoxy) is 2. The van der Waals surface area contributed by atoms with Crippen molar-refractivity contribution in [2.75, 3.05) is 12.4 Å². The molecule has 1 unspecified atom stereocenters. The summed E-state index contributed by atoms with van der Waals surface area (Å²) in [6.07, 6.45) is 1.30. The van der Waals surface area contributed by atoms with E-state index in [1.54, 1.807) is 62.4 Å². The Morgan fingerprint density at radius 2 is 1.89 bits per heavy atom. The highest BCUT2D eigenvalue weighted by Crippen LogP contribution is 2.30. The van der Waals surface area contributed by atoms with Crippen molar-refractivity contribution in [2.24, 2.45) is 0 Å². The van der Waals surface area contributed by atoms with Gasteiger partial charge in [0.1, 0.15) is 23.2 Å². The number of para-hydroxylation sites is 2. The zero-order valence-corrected chi connectivity index (χ0v) is 20.8. The maximum absolute atomic E-state index is 13.3. The standard InChI is InChI=1S/C25H22ClN3O5S/c1-14-20-23(35-21(14)22(30)28-18-10-6-7-11-19(18)33-3)27-13-29(24(20)31)15(2)25(32)34-12-16-8-4-5-9-17(16)26/h4-11,13,15H,12H2,1-3H3,(H,28,30). The third-order valence-electron chi connectivity index (χ3n) is 5.52. The van der Waals surface area contributed by atoms with Crippen molar-refractivity contribution < 1.29 is 19.1 Å². The summed E-state index contributed by atoms with van der Waals surface area (Å²) in [6, 6.07) is 13.2. The minimum atomic E-state index is -0.924. The number of amides is 1. The molecule has 0 aliphatic heterocycles. The predicted molar refractivity (Wildman–Crippen MR) is 136 cm³/mol. The number of fused-ring (bicyclic) bond motifs is 1. The second-order valence-corrected chi connectivity index (χ2v) is 9.13. The van der Waals surface area contributed by atoms with E-state index < -0.39 is 17.6 Å². The SMILES string of the molecule is COc1ccccc1NC(=O)c1sc2ncn(C(C)C(=O)OCc3ccccc3Cl)c(=O)c2c1C. The molecule has 1 amide bonds. The van der Waals surface area contributed by atoms with Crippen LogP contribution in [0.5, 0.6) is 5.75 Å². The van der Waals surface area contributed by atoms with Crippen molar-refractivity contribution in [2.45, 2.75) is 26.5 Å². The van der Waals surface area contributed by atoms with Crippen LogP contribution in [0.15, 0.2) is 59.7 Å². The van der Waals surface area contributed by atoms with Gasteiger partial charge in [0.2, 0.25) is 0 Å². The first kappa shape index (κ1) is 24.4. The van der Waals surface area contributed by atoms with E-state index in [0.29, 0.717) is 37.3 Å². The van der Waals surface area contributed by atoms with Gasteiger partial charge in [0.05, 0.1) is 29.4 Å². The van der Waals surface area contributed by atoms with Crippen LogP contribution in [0.25, 0.3) is 10.2 Å². The van der Waals surface area contributed by atoms with Crippen molar-refractivity contribution in [3.8, 4) is 5.75 Å². The largest absolute Gasteiger partial charge is 0.495 e. The van der Waals surface area contributed by atoms with Gasteiger partial charge in [0, 0.05) is 10.6 Å². The first-order valence-corrected chi connectivity index (χ1v) is 11.9. The highest BCUT2D eigenvalue weighted by molar-refractivity contribution is 7.20. The third-order valence-corrected chi connectivity index (χ3v) is 7.09. The fourth-order valence-corrected chi connectivity index (χ4v) is 4.78. The number of carbonyl (C=O) groups excluding carboxylic acids is 2. The Morgan fingerprint density at radius 1 is 1.17 bits per heavy atom. The van der Waals surface area contributed by atoms with Crippen LogP contribution in [0.3, 0.4) is 0 Å². The molecular weight excluding hydrogens is 490 g/mol. The molecule has 2 aromatic heterocycles. The summed E-state index contributed by atoms with van der Waals surface area (Å²) in [4.78, 5) is 44.0. The van der Waals surface area contributed by atoms with Gasteiger partial charge in [-0.15, -0.1) is 11.3 Å². The van der Waals surface area contributed by atoms with Gasteiger partial charge in [-0.25, -0.2) is 9.78 Å². The van der Waals surface area contributed by atoms with Gasteiger partial charge in [-0.1, -0.05) is 41.9 Å². The Morgan fingerprint density at radius 3 is 2.63 bits per heavy atom. The molecule has 0 aliphatic rings. The number of anilines is 1. The molecule has 180 valence electrons. The van der Waals surface area contributed by atoms with Crippen LogP contribution in [-0.4, -0.2) is 28.5 Å². The molecular formula is C25H22ClN3O5S. The van der Waals surface area contributed by atoms with Crippen molar-refractivity contribution in [3.63, 3.8) is 0 Å². The lowest BCUT2D eigenvalue weighted by Gasteiger charge is -2.14. The molecule has 8 nitrogen and oxygen atoms in total. The van der Waals surface area contributed by atoms with Crippen molar-refractivity contribution in [3.05, 3.63) is 86.2 Å². The van der Waals surface area contributed by atoms with E-state index in [0.717, 1.165) is 11.3 Å². The van der Waals surface area contributed by atoms with Gasteiger partial charge in [-0.3, -0.25) is 14.2 Å². The van der Waals surface area contributed by atoms with Gasteiger partial charge in [-0.2, -0.15) is 0 Å². The number of thiophene rings is 1. The lowest BCUT2D eigenvalue weighted by atomic mass is 10.2. The number of hydrogen-bond acceptors (Lipinski definition) is 7. The third kappa shape index (κ3) is 4.91. The number of methoxy groups -OCH3 is 1. The van der Waals surface area contributed by atoms with Crippen molar-refractivity contribution >= 4 is 50.7 Å². The van der Waals surface area contributed by atoms with E-state index in [-0.39, 0.29) is 17.9 Å². The highest BCUT2D eigenvalue weighted by atomic mass is 35.5. The summed E-state index contributed by atoms with van der Waals surface area (Å²) in [6.45, 7) is 3.22. The number of aryl methyl sites for hydroxylation is 1. The van der Waals surface area contributed by atoms with Gasteiger partial charge in [0.25, 0.3) is 11.5 Å². The average Bonchev–Trinajstić information content (AvgIpc) is 3.20. The number of benzene rings is 2. The highest BCUT2D eigenvalue weighted by Gasteiger charge is 2.24. The fraction of sp³-hybridized carbons (Fsp3) is 0.200. The Hall–Kier alpha value is -3.69. The number of nitrogens with zero attached hydrogens (tertiary/aromatic N) is 2. The zero-order chi connectivity index (χ0) is 25.1. The van der Waals surface area contributed by atoms with Crippen LogP contribution in [0.1, 0.15) is 33.8 Å². The number of halogens is 1. The molecule has 0 bridgehead atoms. The monoisotopic (exact) mass is 511 g/mol. The molecule has 0 aliphatic carbocycles. The maximum atomic E-state index is 13.3. The Labute approximate surface area is 210 Å². The van der Waals surface area contributed by atoms with Gasteiger partial charge in [0.15, 0.2) is 0 Å². The molecule has 1 atom stereocenters. The number of rotatable bonds is 7. The molecule has 0 saturated heterocycles. The van der Waals surface area contributed by atoms with Crippen LogP contribution in [0.4, 0.5) is 5.69 Å². The Bertz CT molecular complexity index is 1480. The Balaban J connectivity index is 1.58. The number of nitrogens with one attached hydrogen (secondary N) is 1. The van der Waals surface area contributed by atoms with E-state index in [1.807, 2.05) is 0 Å². The lowest BCUT2D eigenvalue weighted by Crippen LogP contribution is -2.29. The summed E-state index contributed by atoms with van der Waals surface area (Å²) in [5.74, 6) is -0.465. The lowest BCUT2D eigenvalue weighted by molar-refractivity contribution is -0.148. The number of esters is 1. The second-order valence-electron chi connectivity index (χ2n) is 7.72. The molecule has 4 rings (SSSR count). The molecule has 10 heteroatoms. The number of aromatic nitrogens is 2. The quantitative estimate of drug-likeness (QED) is 0.351. The van der Waals surface area contributed by atoms with Crippen LogP contribution < -0.4 is 15.6 Å². The minimum absolute atomic E-state index is 0.0159. The zero-order valence-electron chi connectivity index (χ0n) is 19.2. The predicted octanol–water partition coefficient (Wildman–Crippen LogP) is 4.99.